The number of aromatic nitrogens is 6. The summed E-state index contributed by atoms with van der Waals surface area (Å²) in [5.41, 5.74) is 4.12. The number of hydrogen-bond acceptors (Lipinski definition) is 7. The summed E-state index contributed by atoms with van der Waals surface area (Å²) < 4.78 is 31.5. The van der Waals surface area contributed by atoms with E-state index in [4.69, 9.17) is 0 Å². The Hall–Kier alpha value is -3.73. The van der Waals surface area contributed by atoms with Crippen molar-refractivity contribution >= 4 is 27.2 Å². The lowest BCUT2D eigenvalue weighted by Gasteiger charge is -2.10. The molecule has 166 valence electrons. The van der Waals surface area contributed by atoms with Crippen LogP contribution in [0.4, 0.5) is 17.2 Å². The van der Waals surface area contributed by atoms with Gasteiger partial charge in [-0.3, -0.25) is 9.40 Å². The van der Waals surface area contributed by atoms with E-state index in [2.05, 4.69) is 30.4 Å². The predicted octanol–water partition coefficient (Wildman–Crippen LogP) is 3.17. The molecule has 4 rings (SSSR count). The van der Waals surface area contributed by atoms with Crippen molar-refractivity contribution in [2.24, 2.45) is 7.05 Å². The molecule has 4 aromatic rings. The molecule has 0 aliphatic heterocycles. The van der Waals surface area contributed by atoms with E-state index in [-0.39, 0.29) is 4.90 Å². The second kappa shape index (κ2) is 8.08. The number of aryl methyl sites for hydroxylation is 4. The van der Waals surface area contributed by atoms with Crippen LogP contribution in [0.3, 0.4) is 0 Å². The Kier molecular flexibility index (Phi) is 5.43. The molecule has 0 radical (unpaired) electrons. The summed E-state index contributed by atoms with van der Waals surface area (Å²) in [7, 11) is -2.03. The summed E-state index contributed by atoms with van der Waals surface area (Å²) in [6.45, 7) is 7.29. The number of sulfonamides is 1. The van der Waals surface area contributed by atoms with Crippen LogP contribution < -0.4 is 10.0 Å². The Labute approximate surface area is 186 Å². The highest BCUT2D eigenvalue weighted by Gasteiger charge is 2.23. The average Bonchev–Trinajstić information content (AvgIpc) is 3.20. The molecule has 2 N–H and O–H groups in total. The van der Waals surface area contributed by atoms with Gasteiger partial charge in [0.1, 0.15) is 4.90 Å². The van der Waals surface area contributed by atoms with Crippen molar-refractivity contribution in [1.82, 2.24) is 29.8 Å². The summed E-state index contributed by atoms with van der Waals surface area (Å²) in [4.78, 5) is 0.195. The van der Waals surface area contributed by atoms with Gasteiger partial charge in [0.15, 0.2) is 11.6 Å². The SMILES string of the molecule is Cc1cc(C)n(-c2ccc(Nc3ccc(NS(=O)(=O)c4c(C)nn(C)c4C)cc3)nn2)n1. The molecular formula is C21H24N8O2S. The van der Waals surface area contributed by atoms with Crippen molar-refractivity contribution in [3.63, 3.8) is 0 Å². The number of nitrogens with zero attached hydrogens (tertiary/aromatic N) is 6. The molecule has 0 saturated carbocycles. The first-order chi connectivity index (χ1) is 15.1. The van der Waals surface area contributed by atoms with Crippen LogP contribution in [0.2, 0.25) is 0 Å². The van der Waals surface area contributed by atoms with Gasteiger partial charge < -0.3 is 5.32 Å². The van der Waals surface area contributed by atoms with Crippen molar-refractivity contribution < 1.29 is 8.42 Å². The lowest BCUT2D eigenvalue weighted by atomic mass is 10.3. The first-order valence-electron chi connectivity index (χ1n) is 9.91. The van der Waals surface area contributed by atoms with Gasteiger partial charge in [-0.1, -0.05) is 0 Å². The van der Waals surface area contributed by atoms with Crippen LogP contribution in [0.15, 0.2) is 47.4 Å². The molecule has 0 fully saturated rings. The first kappa shape index (κ1) is 21.5. The van der Waals surface area contributed by atoms with Crippen LogP contribution in [-0.4, -0.2) is 38.2 Å². The van der Waals surface area contributed by atoms with E-state index in [0.717, 1.165) is 17.1 Å². The molecule has 0 unspecified atom stereocenters. The van der Waals surface area contributed by atoms with Gasteiger partial charge >= 0.3 is 0 Å². The van der Waals surface area contributed by atoms with Gasteiger partial charge in [-0.05, 0) is 70.2 Å². The first-order valence-corrected chi connectivity index (χ1v) is 11.4. The maximum absolute atomic E-state index is 12.8. The Morgan fingerprint density at radius 2 is 1.56 bits per heavy atom. The largest absolute Gasteiger partial charge is 0.339 e. The molecule has 1 aromatic carbocycles. The van der Waals surface area contributed by atoms with Crippen LogP contribution in [-0.2, 0) is 17.1 Å². The zero-order chi connectivity index (χ0) is 23.0. The topological polar surface area (TPSA) is 120 Å². The maximum atomic E-state index is 12.8. The van der Waals surface area contributed by atoms with Crippen LogP contribution in [0.25, 0.3) is 5.82 Å². The lowest BCUT2D eigenvalue weighted by molar-refractivity contribution is 0.599. The van der Waals surface area contributed by atoms with E-state index in [1.807, 2.05) is 32.0 Å². The monoisotopic (exact) mass is 452 g/mol. The van der Waals surface area contributed by atoms with Crippen LogP contribution in [0, 0.1) is 27.7 Å². The maximum Gasteiger partial charge on any atom is 0.265 e. The molecule has 3 heterocycles. The van der Waals surface area contributed by atoms with Crippen molar-refractivity contribution in [3.05, 3.63) is 65.2 Å². The second-order valence-electron chi connectivity index (χ2n) is 7.55. The van der Waals surface area contributed by atoms with Gasteiger partial charge in [0.25, 0.3) is 10.0 Å². The molecule has 0 aliphatic rings. The van der Waals surface area contributed by atoms with E-state index in [1.54, 1.807) is 54.5 Å². The van der Waals surface area contributed by atoms with Gasteiger partial charge in [0, 0.05) is 24.1 Å². The molecular weight excluding hydrogens is 428 g/mol. The molecule has 3 aromatic heterocycles. The summed E-state index contributed by atoms with van der Waals surface area (Å²) in [6.07, 6.45) is 0. The lowest BCUT2D eigenvalue weighted by Crippen LogP contribution is -2.14. The number of rotatable bonds is 6. The van der Waals surface area contributed by atoms with Crippen molar-refractivity contribution in [3.8, 4) is 5.82 Å². The van der Waals surface area contributed by atoms with Gasteiger partial charge in [-0.2, -0.15) is 10.2 Å². The minimum Gasteiger partial charge on any atom is -0.339 e. The molecule has 0 spiro atoms. The van der Waals surface area contributed by atoms with Crippen molar-refractivity contribution in [2.45, 2.75) is 32.6 Å². The van der Waals surface area contributed by atoms with Crippen molar-refractivity contribution in [1.29, 1.82) is 0 Å². The average molecular weight is 453 g/mol. The minimum absolute atomic E-state index is 0.195. The zero-order valence-corrected chi connectivity index (χ0v) is 19.3. The molecule has 0 bridgehead atoms. The van der Waals surface area contributed by atoms with E-state index in [9.17, 15) is 8.42 Å². The van der Waals surface area contributed by atoms with Gasteiger partial charge in [0.2, 0.25) is 0 Å². The van der Waals surface area contributed by atoms with Crippen LogP contribution >= 0.6 is 0 Å². The highest BCUT2D eigenvalue weighted by molar-refractivity contribution is 7.92. The van der Waals surface area contributed by atoms with E-state index in [1.165, 1.54) is 0 Å². The van der Waals surface area contributed by atoms with Gasteiger partial charge in [-0.25, -0.2) is 13.1 Å². The molecule has 0 amide bonds. The van der Waals surface area contributed by atoms with E-state index >= 15 is 0 Å². The standard InChI is InChI=1S/C21H24N8O2S/c1-13-12-14(2)29(25-13)20-11-10-19(23-24-20)22-17-6-8-18(9-7-17)27-32(30,31)21-15(3)26-28(5)16(21)4/h6-12,27H,1-5H3,(H,22,23). The van der Waals surface area contributed by atoms with E-state index < -0.39 is 10.0 Å². The molecule has 0 aliphatic carbocycles. The molecule has 32 heavy (non-hydrogen) atoms. The summed E-state index contributed by atoms with van der Waals surface area (Å²) in [6, 6.07) is 12.5. The quantitative estimate of drug-likeness (QED) is 0.461. The highest BCUT2D eigenvalue weighted by atomic mass is 32.2. The Morgan fingerprint density at radius 1 is 0.875 bits per heavy atom. The zero-order valence-electron chi connectivity index (χ0n) is 18.4. The van der Waals surface area contributed by atoms with Crippen LogP contribution in [0.1, 0.15) is 22.8 Å². The third-order valence-electron chi connectivity index (χ3n) is 5.00. The highest BCUT2D eigenvalue weighted by Crippen LogP contribution is 2.24. The predicted molar refractivity (Wildman–Crippen MR) is 122 cm³/mol. The summed E-state index contributed by atoms with van der Waals surface area (Å²) in [5, 5.41) is 20.2. The smallest absolute Gasteiger partial charge is 0.265 e. The fourth-order valence-electron chi connectivity index (χ4n) is 3.48. The number of benzene rings is 1. The summed E-state index contributed by atoms with van der Waals surface area (Å²) >= 11 is 0. The second-order valence-corrected chi connectivity index (χ2v) is 9.17. The Morgan fingerprint density at radius 3 is 2.09 bits per heavy atom. The third-order valence-corrected chi connectivity index (χ3v) is 6.63. The molecule has 10 nitrogen and oxygen atoms in total. The molecule has 0 atom stereocenters. The number of hydrogen-bond donors (Lipinski definition) is 2. The molecule has 11 heteroatoms. The van der Waals surface area contributed by atoms with Gasteiger partial charge in [-0.15, -0.1) is 10.2 Å². The normalized spacial score (nSPS) is 11.5. The van der Waals surface area contributed by atoms with Gasteiger partial charge in [0.05, 0.1) is 17.1 Å². The van der Waals surface area contributed by atoms with E-state index in [0.29, 0.717) is 28.7 Å². The molecule has 0 saturated heterocycles. The van der Waals surface area contributed by atoms with Crippen molar-refractivity contribution in [2.75, 3.05) is 10.0 Å². The Balaban J connectivity index is 1.46. The fraction of sp³-hybridized carbons (Fsp3) is 0.238. The minimum atomic E-state index is -3.74. The fourth-order valence-corrected chi connectivity index (χ4v) is 4.98. The van der Waals surface area contributed by atoms with Crippen LogP contribution in [0.5, 0.6) is 0 Å². The summed E-state index contributed by atoms with van der Waals surface area (Å²) in [5.74, 6) is 1.19. The third kappa shape index (κ3) is 4.19. The Bertz CT molecular complexity index is 1370. The number of nitrogens with one attached hydrogen (secondary N) is 2. The number of anilines is 3.